The summed E-state index contributed by atoms with van der Waals surface area (Å²) in [4.78, 5) is 0.00883. The van der Waals surface area contributed by atoms with Crippen molar-refractivity contribution in [3.05, 3.63) is 33.8 Å². The number of alkyl halides is 1. The van der Waals surface area contributed by atoms with Crippen LogP contribution in [-0.4, -0.2) is 19.9 Å². The molecule has 2 unspecified atom stereocenters. The molecule has 1 aliphatic rings. The van der Waals surface area contributed by atoms with E-state index in [9.17, 15) is 8.42 Å². The Morgan fingerprint density at radius 2 is 2.00 bits per heavy atom. The molecule has 2 rings (SSSR count). The minimum atomic E-state index is -2.86. The molecule has 2 nitrogen and oxygen atoms in total. The van der Waals surface area contributed by atoms with Crippen molar-refractivity contribution in [3.8, 4) is 0 Å². The average molecular weight is 358 g/mol. The third-order valence-electron chi connectivity index (χ3n) is 2.94. The van der Waals surface area contributed by atoms with Crippen LogP contribution in [-0.2, 0) is 9.84 Å². The van der Waals surface area contributed by atoms with E-state index in [1.165, 1.54) is 0 Å². The first kappa shape index (κ1) is 13.7. The van der Waals surface area contributed by atoms with Gasteiger partial charge in [0, 0.05) is 4.83 Å². The van der Waals surface area contributed by atoms with Gasteiger partial charge in [0.2, 0.25) is 0 Å². The molecule has 0 bridgehead atoms. The van der Waals surface area contributed by atoms with E-state index in [4.69, 9.17) is 23.2 Å². The van der Waals surface area contributed by atoms with Gasteiger partial charge in [-0.1, -0.05) is 45.2 Å². The van der Waals surface area contributed by atoms with Crippen LogP contribution in [0.1, 0.15) is 16.8 Å². The highest BCUT2D eigenvalue weighted by Crippen LogP contribution is 2.39. The van der Waals surface area contributed by atoms with E-state index in [1.807, 2.05) is 6.07 Å². The Bertz CT molecular complexity index is 530. The van der Waals surface area contributed by atoms with E-state index >= 15 is 0 Å². The predicted molar refractivity (Wildman–Crippen MR) is 74.9 cm³/mol. The third-order valence-corrected chi connectivity index (χ3v) is 6.75. The van der Waals surface area contributed by atoms with E-state index in [0.717, 1.165) is 5.56 Å². The molecule has 0 aromatic heterocycles. The first-order valence-electron chi connectivity index (χ1n) is 5.18. The minimum Gasteiger partial charge on any atom is -0.229 e. The number of benzene rings is 1. The second-order valence-corrected chi connectivity index (χ2v) is 8.27. The summed E-state index contributed by atoms with van der Waals surface area (Å²) < 4.78 is 22.9. The summed E-state index contributed by atoms with van der Waals surface area (Å²) in [5, 5.41) is 1.00. The molecule has 1 aromatic rings. The van der Waals surface area contributed by atoms with E-state index in [2.05, 4.69) is 15.9 Å². The lowest BCUT2D eigenvalue weighted by atomic mass is 9.99. The Hall–Kier alpha value is 0.230. The Kier molecular flexibility index (Phi) is 4.08. The van der Waals surface area contributed by atoms with E-state index in [0.29, 0.717) is 16.5 Å². The second-order valence-electron chi connectivity index (χ2n) is 4.24. The number of hydrogen-bond donors (Lipinski definition) is 0. The van der Waals surface area contributed by atoms with Crippen LogP contribution >= 0.6 is 39.1 Å². The van der Waals surface area contributed by atoms with Gasteiger partial charge in [0.15, 0.2) is 9.84 Å². The quantitative estimate of drug-likeness (QED) is 0.753. The summed E-state index contributed by atoms with van der Waals surface area (Å²) in [6.07, 6.45) is 0.693. The zero-order chi connectivity index (χ0) is 12.6. The molecule has 0 aliphatic carbocycles. The first-order valence-corrected chi connectivity index (χ1v) is 8.68. The van der Waals surface area contributed by atoms with Crippen molar-refractivity contribution in [1.29, 1.82) is 0 Å². The smallest absolute Gasteiger partial charge is 0.150 e. The minimum absolute atomic E-state index is 0.00883. The maximum atomic E-state index is 11.4. The van der Waals surface area contributed by atoms with Gasteiger partial charge in [0.25, 0.3) is 0 Å². The Morgan fingerprint density at radius 3 is 2.53 bits per heavy atom. The molecule has 1 aliphatic heterocycles. The monoisotopic (exact) mass is 356 g/mol. The van der Waals surface area contributed by atoms with Crippen molar-refractivity contribution >= 4 is 49.0 Å². The van der Waals surface area contributed by atoms with Gasteiger partial charge < -0.3 is 0 Å². The molecule has 0 N–H and O–H groups in total. The molecule has 1 heterocycles. The lowest BCUT2D eigenvalue weighted by molar-refractivity contribution is 0.580. The molecule has 0 radical (unpaired) electrons. The highest BCUT2D eigenvalue weighted by molar-refractivity contribution is 9.09. The van der Waals surface area contributed by atoms with Gasteiger partial charge in [-0.25, -0.2) is 8.42 Å². The summed E-state index contributed by atoms with van der Waals surface area (Å²) in [6, 6.07) is 5.39. The van der Waals surface area contributed by atoms with Crippen LogP contribution in [0.2, 0.25) is 10.0 Å². The normalized spacial score (nSPS) is 24.8. The zero-order valence-corrected chi connectivity index (χ0v) is 12.8. The molecule has 1 saturated heterocycles. The topological polar surface area (TPSA) is 34.1 Å². The van der Waals surface area contributed by atoms with Crippen molar-refractivity contribution in [2.75, 3.05) is 11.5 Å². The van der Waals surface area contributed by atoms with Gasteiger partial charge in [0.05, 0.1) is 21.6 Å². The third kappa shape index (κ3) is 3.16. The highest BCUT2D eigenvalue weighted by Gasteiger charge is 2.33. The molecule has 0 saturated carbocycles. The Morgan fingerprint density at radius 1 is 1.29 bits per heavy atom. The van der Waals surface area contributed by atoms with Crippen LogP contribution in [0.15, 0.2) is 18.2 Å². The Labute approximate surface area is 119 Å². The van der Waals surface area contributed by atoms with Crippen LogP contribution in [0.4, 0.5) is 0 Å². The number of halogens is 3. The molecule has 1 fully saturated rings. The molecular formula is C11H11BrCl2O2S. The van der Waals surface area contributed by atoms with Crippen LogP contribution in [0.25, 0.3) is 0 Å². The summed E-state index contributed by atoms with van der Waals surface area (Å²) in [7, 11) is -2.86. The summed E-state index contributed by atoms with van der Waals surface area (Å²) >= 11 is 15.4. The largest absolute Gasteiger partial charge is 0.229 e. The lowest BCUT2D eigenvalue weighted by Crippen LogP contribution is -2.10. The van der Waals surface area contributed by atoms with Crippen molar-refractivity contribution in [2.24, 2.45) is 5.92 Å². The van der Waals surface area contributed by atoms with Crippen molar-refractivity contribution in [1.82, 2.24) is 0 Å². The predicted octanol–water partition coefficient (Wildman–Crippen LogP) is 3.86. The maximum Gasteiger partial charge on any atom is 0.150 e. The van der Waals surface area contributed by atoms with Crippen molar-refractivity contribution in [2.45, 2.75) is 11.2 Å². The lowest BCUT2D eigenvalue weighted by Gasteiger charge is -2.16. The van der Waals surface area contributed by atoms with E-state index < -0.39 is 9.84 Å². The van der Waals surface area contributed by atoms with Crippen molar-refractivity contribution in [3.63, 3.8) is 0 Å². The van der Waals surface area contributed by atoms with Crippen LogP contribution in [0.3, 0.4) is 0 Å². The first-order chi connectivity index (χ1) is 7.89. The van der Waals surface area contributed by atoms with E-state index in [-0.39, 0.29) is 22.3 Å². The SMILES string of the molecule is O=S1(=O)CCC(C(Br)c2ccc(Cl)c(Cl)c2)C1. The second kappa shape index (κ2) is 5.08. The molecule has 2 atom stereocenters. The average Bonchev–Trinajstić information content (AvgIpc) is 2.62. The van der Waals surface area contributed by atoms with Crippen LogP contribution < -0.4 is 0 Å². The molecule has 94 valence electrons. The molecule has 1 aromatic carbocycles. The van der Waals surface area contributed by atoms with Crippen molar-refractivity contribution < 1.29 is 8.42 Å². The van der Waals surface area contributed by atoms with Gasteiger partial charge in [0.1, 0.15) is 0 Å². The number of sulfone groups is 1. The van der Waals surface area contributed by atoms with Gasteiger partial charge >= 0.3 is 0 Å². The van der Waals surface area contributed by atoms with Gasteiger partial charge in [-0.3, -0.25) is 0 Å². The molecule has 0 spiro atoms. The van der Waals surface area contributed by atoms with Gasteiger partial charge in [-0.15, -0.1) is 0 Å². The number of rotatable bonds is 2. The number of hydrogen-bond acceptors (Lipinski definition) is 2. The maximum absolute atomic E-state index is 11.4. The molecule has 6 heteroatoms. The molecule has 0 amide bonds. The van der Waals surface area contributed by atoms with Crippen LogP contribution in [0, 0.1) is 5.92 Å². The Balaban J connectivity index is 2.20. The fraction of sp³-hybridized carbons (Fsp3) is 0.455. The molecular weight excluding hydrogens is 347 g/mol. The summed E-state index contributed by atoms with van der Waals surface area (Å²) in [5.74, 6) is 0.627. The highest BCUT2D eigenvalue weighted by atomic mass is 79.9. The van der Waals surface area contributed by atoms with Gasteiger partial charge in [-0.05, 0) is 30.0 Å². The zero-order valence-electron chi connectivity index (χ0n) is 8.87. The fourth-order valence-electron chi connectivity index (χ4n) is 2.01. The van der Waals surface area contributed by atoms with Gasteiger partial charge in [-0.2, -0.15) is 0 Å². The van der Waals surface area contributed by atoms with Crippen LogP contribution in [0.5, 0.6) is 0 Å². The molecule has 17 heavy (non-hydrogen) atoms. The fourth-order valence-corrected chi connectivity index (χ4v) is 5.14. The summed E-state index contributed by atoms with van der Waals surface area (Å²) in [6.45, 7) is 0. The standard InChI is InChI=1S/C11H11BrCl2O2S/c12-11(8-3-4-17(15,16)6-8)7-1-2-9(13)10(14)5-7/h1-2,5,8,11H,3-4,6H2. The van der Waals surface area contributed by atoms with E-state index in [1.54, 1.807) is 12.1 Å². The summed E-state index contributed by atoms with van der Waals surface area (Å²) in [5.41, 5.74) is 0.974.